The van der Waals surface area contributed by atoms with Gasteiger partial charge in [-0.25, -0.2) is 4.79 Å². The number of hydrogen-bond acceptors (Lipinski definition) is 4. The lowest BCUT2D eigenvalue weighted by molar-refractivity contribution is 0.114. The van der Waals surface area contributed by atoms with Gasteiger partial charge in [0.05, 0.1) is 0 Å². The Labute approximate surface area is 152 Å². The molecule has 1 heterocycles. The molecule has 0 bridgehead atoms. The van der Waals surface area contributed by atoms with E-state index in [4.69, 9.17) is 0 Å². The maximum Gasteiger partial charge on any atom is 0.314 e. The smallest absolute Gasteiger partial charge is 0.314 e. The number of nitrogens with zero attached hydrogens (tertiary/aromatic N) is 3. The van der Waals surface area contributed by atoms with Crippen LogP contribution in [0.2, 0.25) is 0 Å². The summed E-state index contributed by atoms with van der Waals surface area (Å²) in [5, 5.41) is 5.99. The molecule has 0 radical (unpaired) electrons. The van der Waals surface area contributed by atoms with Crippen LogP contribution in [0.1, 0.15) is 12.5 Å². The fourth-order valence-electron chi connectivity index (χ4n) is 3.27. The number of para-hydroxylation sites is 1. The van der Waals surface area contributed by atoms with E-state index in [0.717, 1.165) is 32.7 Å². The molecule has 2 N–H and O–H groups in total. The van der Waals surface area contributed by atoms with Gasteiger partial charge in [-0.05, 0) is 39.6 Å². The third kappa shape index (κ3) is 5.90. The second kappa shape index (κ2) is 9.63. The molecule has 1 aromatic rings. The monoisotopic (exact) mass is 347 g/mol. The molecule has 1 aliphatic rings. The van der Waals surface area contributed by atoms with E-state index < -0.39 is 0 Å². The van der Waals surface area contributed by atoms with Gasteiger partial charge < -0.3 is 20.4 Å². The van der Waals surface area contributed by atoms with E-state index >= 15 is 0 Å². The summed E-state index contributed by atoms with van der Waals surface area (Å²) in [5.41, 5.74) is 2.50. The van der Waals surface area contributed by atoms with Crippen molar-refractivity contribution in [3.8, 4) is 0 Å². The predicted octanol–water partition coefficient (Wildman–Crippen LogP) is 1.37. The first-order valence-corrected chi connectivity index (χ1v) is 9.22. The van der Waals surface area contributed by atoms with Crippen LogP contribution in [0.15, 0.2) is 24.3 Å². The maximum absolute atomic E-state index is 12.1. The van der Waals surface area contributed by atoms with Crippen LogP contribution in [-0.2, 0) is 0 Å². The Morgan fingerprint density at radius 2 is 2.00 bits per heavy atom. The Hall–Kier alpha value is -1.79. The number of anilines is 1. The van der Waals surface area contributed by atoms with Crippen molar-refractivity contribution >= 4 is 11.7 Å². The number of carbonyl (C=O) groups excluding carboxylic acids is 1. The molecule has 0 saturated carbocycles. The first kappa shape index (κ1) is 19.5. The first-order valence-electron chi connectivity index (χ1n) is 9.22. The Balaban J connectivity index is 1.71. The minimum Gasteiger partial charge on any atom is -0.370 e. The molecule has 25 heavy (non-hydrogen) atoms. The number of hydrogen-bond donors (Lipinski definition) is 2. The molecule has 140 valence electrons. The first-order chi connectivity index (χ1) is 12.0. The van der Waals surface area contributed by atoms with E-state index in [-0.39, 0.29) is 6.03 Å². The average Bonchev–Trinajstić information content (AvgIpc) is 2.60. The van der Waals surface area contributed by atoms with Crippen molar-refractivity contribution in [2.45, 2.75) is 19.9 Å². The number of nitrogens with one attached hydrogen (secondary N) is 2. The molecule has 1 saturated heterocycles. The van der Waals surface area contributed by atoms with E-state index in [1.54, 1.807) is 0 Å². The normalized spacial score (nSPS) is 18.8. The van der Waals surface area contributed by atoms with Crippen molar-refractivity contribution in [2.75, 3.05) is 64.8 Å². The highest BCUT2D eigenvalue weighted by atomic mass is 16.2. The number of piperazine rings is 1. The zero-order valence-electron chi connectivity index (χ0n) is 16.1. The largest absolute Gasteiger partial charge is 0.370 e. The number of likely N-dealkylation sites (N-methyl/N-ethyl adjacent to an activating group) is 3. The lowest BCUT2D eigenvalue weighted by atomic mass is 10.2. The highest BCUT2D eigenvalue weighted by Gasteiger charge is 2.22. The van der Waals surface area contributed by atoms with Crippen LogP contribution >= 0.6 is 0 Å². The molecule has 0 spiro atoms. The number of benzene rings is 1. The van der Waals surface area contributed by atoms with Crippen LogP contribution in [0, 0.1) is 6.92 Å². The van der Waals surface area contributed by atoms with E-state index in [0.29, 0.717) is 19.1 Å². The van der Waals surface area contributed by atoms with Gasteiger partial charge in [0.25, 0.3) is 0 Å². The molecule has 1 atom stereocenters. The topological polar surface area (TPSA) is 50.9 Å². The molecule has 1 aliphatic heterocycles. The fraction of sp³-hybridized carbons (Fsp3) is 0.632. The summed E-state index contributed by atoms with van der Waals surface area (Å²) in [6.45, 7) is 10.4. The standard InChI is InChI=1S/C19H33N5O/c1-5-24(18-9-7-6-8-16(18)2)11-10-20-19(25)21-14-17-15-22(3)12-13-23(17)4/h6-9,17H,5,10-15H2,1-4H3,(H2,20,21,25)/t17-/m1/s1. The van der Waals surface area contributed by atoms with E-state index in [1.807, 2.05) is 0 Å². The lowest BCUT2D eigenvalue weighted by Gasteiger charge is -2.37. The van der Waals surface area contributed by atoms with Gasteiger partial charge in [-0.15, -0.1) is 0 Å². The van der Waals surface area contributed by atoms with Crippen LogP contribution in [0.25, 0.3) is 0 Å². The third-order valence-corrected chi connectivity index (χ3v) is 4.98. The van der Waals surface area contributed by atoms with Crippen molar-refractivity contribution in [3.63, 3.8) is 0 Å². The maximum atomic E-state index is 12.1. The van der Waals surface area contributed by atoms with Gasteiger partial charge in [-0.2, -0.15) is 0 Å². The Bertz CT molecular complexity index is 550. The van der Waals surface area contributed by atoms with Gasteiger partial charge >= 0.3 is 6.03 Å². The Morgan fingerprint density at radius 3 is 2.72 bits per heavy atom. The van der Waals surface area contributed by atoms with Crippen LogP contribution in [0.3, 0.4) is 0 Å². The molecule has 1 aromatic carbocycles. The molecule has 1 fully saturated rings. The summed E-state index contributed by atoms with van der Waals surface area (Å²) in [4.78, 5) is 19.0. The van der Waals surface area contributed by atoms with E-state index in [9.17, 15) is 4.79 Å². The summed E-state index contributed by atoms with van der Waals surface area (Å²) in [5.74, 6) is 0. The minimum atomic E-state index is -0.0811. The Morgan fingerprint density at radius 1 is 1.24 bits per heavy atom. The molecule has 2 amide bonds. The zero-order valence-corrected chi connectivity index (χ0v) is 16.1. The van der Waals surface area contributed by atoms with Gasteiger partial charge in [-0.3, -0.25) is 4.90 Å². The summed E-state index contributed by atoms with van der Waals surface area (Å²) >= 11 is 0. The summed E-state index contributed by atoms with van der Waals surface area (Å²) in [6, 6.07) is 8.66. The third-order valence-electron chi connectivity index (χ3n) is 4.98. The quantitative estimate of drug-likeness (QED) is 0.782. The number of amides is 2. The second-order valence-electron chi connectivity index (χ2n) is 6.90. The van der Waals surface area contributed by atoms with Crippen LogP contribution in [0.4, 0.5) is 10.5 Å². The molecular formula is C19H33N5O. The Kier molecular flexibility index (Phi) is 7.52. The number of urea groups is 1. The van der Waals surface area contributed by atoms with E-state index in [2.05, 4.69) is 77.5 Å². The predicted molar refractivity (Wildman–Crippen MR) is 104 cm³/mol. The number of rotatable bonds is 7. The fourth-order valence-corrected chi connectivity index (χ4v) is 3.27. The molecule has 0 aromatic heterocycles. The highest BCUT2D eigenvalue weighted by molar-refractivity contribution is 5.73. The van der Waals surface area contributed by atoms with Gasteiger partial charge in [0, 0.05) is 57.5 Å². The molecule has 2 rings (SSSR count). The van der Waals surface area contributed by atoms with Gasteiger partial charge in [-0.1, -0.05) is 18.2 Å². The zero-order chi connectivity index (χ0) is 18.2. The van der Waals surface area contributed by atoms with Gasteiger partial charge in [0.15, 0.2) is 0 Å². The molecule has 6 heteroatoms. The van der Waals surface area contributed by atoms with Crippen molar-refractivity contribution in [3.05, 3.63) is 29.8 Å². The van der Waals surface area contributed by atoms with Crippen molar-refractivity contribution < 1.29 is 4.79 Å². The van der Waals surface area contributed by atoms with Crippen LogP contribution in [0.5, 0.6) is 0 Å². The van der Waals surface area contributed by atoms with Gasteiger partial charge in [0.1, 0.15) is 0 Å². The number of aryl methyl sites for hydroxylation is 1. The molecular weight excluding hydrogens is 314 g/mol. The van der Waals surface area contributed by atoms with Crippen molar-refractivity contribution in [1.29, 1.82) is 0 Å². The van der Waals surface area contributed by atoms with Crippen molar-refractivity contribution in [2.24, 2.45) is 0 Å². The molecule has 0 aliphatic carbocycles. The summed E-state index contributed by atoms with van der Waals surface area (Å²) in [6.07, 6.45) is 0. The van der Waals surface area contributed by atoms with Crippen LogP contribution < -0.4 is 15.5 Å². The average molecular weight is 348 g/mol. The molecule has 0 unspecified atom stereocenters. The van der Waals surface area contributed by atoms with E-state index in [1.165, 1.54) is 11.3 Å². The lowest BCUT2D eigenvalue weighted by Crippen LogP contribution is -2.55. The van der Waals surface area contributed by atoms with Gasteiger partial charge in [0.2, 0.25) is 0 Å². The highest BCUT2D eigenvalue weighted by Crippen LogP contribution is 2.18. The SMILES string of the molecule is CCN(CCNC(=O)NC[C@@H]1CN(C)CCN1C)c1ccccc1C. The molecule has 6 nitrogen and oxygen atoms in total. The minimum absolute atomic E-state index is 0.0811. The second-order valence-corrected chi connectivity index (χ2v) is 6.90. The summed E-state index contributed by atoms with van der Waals surface area (Å²) in [7, 11) is 4.25. The van der Waals surface area contributed by atoms with Crippen LogP contribution in [-0.4, -0.2) is 81.8 Å². The van der Waals surface area contributed by atoms with Crippen molar-refractivity contribution in [1.82, 2.24) is 20.4 Å². The number of carbonyl (C=O) groups is 1. The summed E-state index contributed by atoms with van der Waals surface area (Å²) < 4.78 is 0.